The van der Waals surface area contributed by atoms with Crippen LogP contribution in [0.3, 0.4) is 0 Å². The first-order chi connectivity index (χ1) is 14.8. The van der Waals surface area contributed by atoms with Gasteiger partial charge in [-0.15, -0.1) is 0 Å². The van der Waals surface area contributed by atoms with E-state index in [1.807, 2.05) is 0 Å². The summed E-state index contributed by atoms with van der Waals surface area (Å²) in [6, 6.07) is 13.7. The monoisotopic (exact) mass is 462 g/mol. The van der Waals surface area contributed by atoms with E-state index < -0.39 is 21.7 Å². The molecular weight excluding hydrogens is 447 g/mol. The second-order valence-corrected chi connectivity index (χ2v) is 8.63. The molecule has 10 heteroatoms. The molecule has 1 aliphatic heterocycles. The smallest absolute Gasteiger partial charge is 0.261 e. The highest BCUT2D eigenvalue weighted by Crippen LogP contribution is 2.38. The predicted octanol–water partition coefficient (Wildman–Crippen LogP) is 4.30. The highest BCUT2D eigenvalue weighted by Gasteiger charge is 2.19. The van der Waals surface area contributed by atoms with Crippen LogP contribution in [0.5, 0.6) is 11.5 Å². The molecule has 7 nitrogen and oxygen atoms in total. The number of carbonyl (C=O) groups is 1. The van der Waals surface area contributed by atoms with Crippen LogP contribution in [0.1, 0.15) is 10.4 Å². The van der Waals surface area contributed by atoms with Gasteiger partial charge in [-0.1, -0.05) is 23.7 Å². The molecule has 0 unspecified atom stereocenters. The molecule has 3 aromatic rings. The summed E-state index contributed by atoms with van der Waals surface area (Å²) in [4.78, 5) is 12.5. The Morgan fingerprint density at radius 3 is 2.26 bits per heavy atom. The average molecular weight is 463 g/mol. The fourth-order valence-corrected chi connectivity index (χ4v) is 4.16. The van der Waals surface area contributed by atoms with Gasteiger partial charge in [0.25, 0.3) is 15.9 Å². The molecule has 0 fully saturated rings. The number of halogens is 2. The van der Waals surface area contributed by atoms with Crippen LogP contribution in [0.4, 0.5) is 15.8 Å². The summed E-state index contributed by atoms with van der Waals surface area (Å²) in [7, 11) is -4.03. The number of hydrogen-bond acceptors (Lipinski definition) is 5. The Kier molecular flexibility index (Phi) is 5.71. The first-order valence-corrected chi connectivity index (χ1v) is 11.0. The number of nitrogens with one attached hydrogen (secondary N) is 2. The fourth-order valence-electron chi connectivity index (χ4n) is 2.89. The van der Waals surface area contributed by atoms with E-state index in [1.54, 1.807) is 12.1 Å². The van der Waals surface area contributed by atoms with Gasteiger partial charge in [-0.25, -0.2) is 12.8 Å². The fraction of sp³-hybridized carbons (Fsp3) is 0.0952. The molecule has 0 bridgehead atoms. The highest BCUT2D eigenvalue weighted by atomic mass is 35.5. The molecule has 160 valence electrons. The zero-order valence-corrected chi connectivity index (χ0v) is 17.5. The number of para-hydroxylation sites is 1. The SMILES string of the molecule is O=C(Nc1cc2c(cc1Cl)OCCO2)c1ccc(S(=O)(=O)Nc2ccccc2F)cc1. The third-order valence-corrected chi connectivity index (χ3v) is 6.12. The molecule has 0 aromatic heterocycles. The molecular formula is C21H16ClFN2O5S. The van der Waals surface area contributed by atoms with Crippen LogP contribution in [0.15, 0.2) is 65.6 Å². The van der Waals surface area contributed by atoms with Gasteiger partial charge in [0, 0.05) is 17.7 Å². The lowest BCUT2D eigenvalue weighted by atomic mass is 10.2. The number of ether oxygens (including phenoxy) is 2. The van der Waals surface area contributed by atoms with Crippen molar-refractivity contribution in [3.63, 3.8) is 0 Å². The van der Waals surface area contributed by atoms with Crippen molar-refractivity contribution >= 4 is 38.9 Å². The molecule has 0 radical (unpaired) electrons. The number of hydrogen-bond donors (Lipinski definition) is 2. The minimum absolute atomic E-state index is 0.121. The van der Waals surface area contributed by atoms with Crippen molar-refractivity contribution in [1.29, 1.82) is 0 Å². The molecule has 1 heterocycles. The van der Waals surface area contributed by atoms with Crippen LogP contribution in [0.2, 0.25) is 5.02 Å². The van der Waals surface area contributed by atoms with Crippen molar-refractivity contribution < 1.29 is 27.1 Å². The van der Waals surface area contributed by atoms with Crippen LogP contribution in [-0.2, 0) is 10.0 Å². The summed E-state index contributed by atoms with van der Waals surface area (Å²) in [6.07, 6.45) is 0. The van der Waals surface area contributed by atoms with Gasteiger partial charge in [-0.3, -0.25) is 9.52 Å². The molecule has 1 aliphatic rings. The summed E-state index contributed by atoms with van der Waals surface area (Å²) in [5, 5.41) is 2.93. The maximum Gasteiger partial charge on any atom is 0.261 e. The van der Waals surface area contributed by atoms with Gasteiger partial charge in [0.1, 0.15) is 19.0 Å². The van der Waals surface area contributed by atoms with Gasteiger partial charge in [0.05, 0.1) is 21.3 Å². The van der Waals surface area contributed by atoms with E-state index in [1.165, 1.54) is 42.5 Å². The van der Waals surface area contributed by atoms with Crippen molar-refractivity contribution in [2.24, 2.45) is 0 Å². The van der Waals surface area contributed by atoms with Gasteiger partial charge < -0.3 is 14.8 Å². The van der Waals surface area contributed by atoms with Crippen LogP contribution in [-0.4, -0.2) is 27.5 Å². The number of rotatable bonds is 5. The van der Waals surface area contributed by atoms with Gasteiger partial charge in [-0.2, -0.15) is 0 Å². The van der Waals surface area contributed by atoms with Crippen molar-refractivity contribution in [3.8, 4) is 11.5 Å². The normalized spacial score (nSPS) is 12.8. The Morgan fingerprint density at radius 1 is 0.935 bits per heavy atom. The van der Waals surface area contributed by atoms with Gasteiger partial charge in [0.15, 0.2) is 11.5 Å². The molecule has 31 heavy (non-hydrogen) atoms. The maximum atomic E-state index is 13.7. The van der Waals surface area contributed by atoms with Crippen LogP contribution >= 0.6 is 11.6 Å². The predicted molar refractivity (Wildman–Crippen MR) is 114 cm³/mol. The number of fused-ring (bicyclic) bond motifs is 1. The number of anilines is 2. The second kappa shape index (κ2) is 8.44. The number of amides is 1. The third kappa shape index (κ3) is 4.57. The van der Waals surface area contributed by atoms with Crippen LogP contribution < -0.4 is 19.5 Å². The van der Waals surface area contributed by atoms with E-state index in [4.69, 9.17) is 21.1 Å². The summed E-state index contributed by atoms with van der Waals surface area (Å²) in [5.74, 6) is -0.235. The van der Waals surface area contributed by atoms with E-state index >= 15 is 0 Å². The molecule has 2 N–H and O–H groups in total. The van der Waals surface area contributed by atoms with Crippen LogP contribution in [0, 0.1) is 5.82 Å². The molecule has 0 saturated carbocycles. The lowest BCUT2D eigenvalue weighted by Crippen LogP contribution is -2.17. The van der Waals surface area contributed by atoms with E-state index in [0.717, 1.165) is 6.07 Å². The summed E-state index contributed by atoms with van der Waals surface area (Å²) >= 11 is 6.20. The molecule has 0 atom stereocenters. The number of benzene rings is 3. The number of carbonyl (C=O) groups excluding carboxylic acids is 1. The summed E-state index contributed by atoms with van der Waals surface area (Å²) in [6.45, 7) is 0.801. The zero-order valence-electron chi connectivity index (χ0n) is 15.9. The lowest BCUT2D eigenvalue weighted by Gasteiger charge is -2.20. The van der Waals surface area contributed by atoms with Crippen molar-refractivity contribution in [3.05, 3.63) is 77.1 Å². The third-order valence-electron chi connectivity index (χ3n) is 4.43. The summed E-state index contributed by atoms with van der Waals surface area (Å²) < 4.78 is 51.8. The first-order valence-electron chi connectivity index (χ1n) is 9.11. The van der Waals surface area contributed by atoms with E-state index in [-0.39, 0.29) is 21.2 Å². The van der Waals surface area contributed by atoms with Crippen LogP contribution in [0.25, 0.3) is 0 Å². The molecule has 3 aromatic carbocycles. The quantitative estimate of drug-likeness (QED) is 0.589. The van der Waals surface area contributed by atoms with Gasteiger partial charge >= 0.3 is 0 Å². The lowest BCUT2D eigenvalue weighted by molar-refractivity contribution is 0.102. The Morgan fingerprint density at radius 2 is 1.58 bits per heavy atom. The summed E-state index contributed by atoms with van der Waals surface area (Å²) in [5.41, 5.74) is 0.363. The average Bonchev–Trinajstić information content (AvgIpc) is 2.76. The van der Waals surface area contributed by atoms with Crippen molar-refractivity contribution in [2.75, 3.05) is 23.3 Å². The molecule has 0 spiro atoms. The van der Waals surface area contributed by atoms with Gasteiger partial charge in [0.2, 0.25) is 0 Å². The topological polar surface area (TPSA) is 93.7 Å². The number of sulfonamides is 1. The van der Waals surface area contributed by atoms with E-state index in [0.29, 0.717) is 30.4 Å². The largest absolute Gasteiger partial charge is 0.486 e. The maximum absolute atomic E-state index is 13.7. The van der Waals surface area contributed by atoms with Gasteiger partial charge in [-0.05, 0) is 36.4 Å². The highest BCUT2D eigenvalue weighted by molar-refractivity contribution is 7.92. The Labute approximate surface area is 182 Å². The first kappa shape index (κ1) is 21.0. The molecule has 0 aliphatic carbocycles. The Hall–Kier alpha value is -3.30. The zero-order chi connectivity index (χ0) is 22.0. The van der Waals surface area contributed by atoms with E-state index in [9.17, 15) is 17.6 Å². The minimum Gasteiger partial charge on any atom is -0.486 e. The van der Waals surface area contributed by atoms with E-state index in [2.05, 4.69) is 10.0 Å². The standard InChI is InChI=1S/C21H16ClFN2O5S/c22-15-11-19-20(30-10-9-29-19)12-18(15)24-21(26)13-5-7-14(8-6-13)31(27,28)25-17-4-2-1-3-16(17)23/h1-8,11-12,25H,9-10H2,(H,24,26). The van der Waals surface area contributed by atoms with Crippen molar-refractivity contribution in [2.45, 2.75) is 4.90 Å². The van der Waals surface area contributed by atoms with Crippen molar-refractivity contribution in [1.82, 2.24) is 0 Å². The molecule has 0 saturated heterocycles. The Balaban J connectivity index is 1.50. The Bertz CT molecular complexity index is 1250. The molecule has 1 amide bonds. The minimum atomic E-state index is -4.03. The molecule has 4 rings (SSSR count). The second-order valence-electron chi connectivity index (χ2n) is 6.54.